The smallest absolute Gasteiger partial charge is 0.0630 e. The fourth-order valence-corrected chi connectivity index (χ4v) is 2.06. The molecule has 0 aliphatic heterocycles. The molecule has 0 fully saturated rings. The van der Waals surface area contributed by atoms with Crippen molar-refractivity contribution in [1.82, 2.24) is 0 Å². The van der Waals surface area contributed by atoms with Gasteiger partial charge in [0.25, 0.3) is 0 Å². The van der Waals surface area contributed by atoms with Crippen LogP contribution in [0.15, 0.2) is 53.5 Å². The molecule has 0 spiro atoms. The van der Waals surface area contributed by atoms with Crippen molar-refractivity contribution in [3.05, 3.63) is 65.2 Å². The van der Waals surface area contributed by atoms with Gasteiger partial charge in [-0.15, -0.1) is 0 Å². The monoisotopic (exact) mass is 265 g/mol. The van der Waals surface area contributed by atoms with Crippen molar-refractivity contribution in [2.45, 2.75) is 39.5 Å². The van der Waals surface area contributed by atoms with Gasteiger partial charge in [-0.2, -0.15) is 0 Å². The van der Waals surface area contributed by atoms with Crippen molar-refractivity contribution in [3.8, 4) is 0 Å². The fourth-order valence-electron chi connectivity index (χ4n) is 2.06. The number of benzene rings is 2. The van der Waals surface area contributed by atoms with Gasteiger partial charge in [0.15, 0.2) is 0 Å². The first-order chi connectivity index (χ1) is 9.56. The second-order valence-corrected chi connectivity index (χ2v) is 5.83. The Morgan fingerprint density at radius 3 is 1.60 bits per heavy atom. The van der Waals surface area contributed by atoms with Crippen molar-refractivity contribution in [1.29, 1.82) is 0 Å². The minimum atomic E-state index is 0.566. The molecular weight excluding hydrogens is 242 g/mol. The molecule has 0 saturated heterocycles. The third-order valence-corrected chi connectivity index (χ3v) is 3.53. The standard InChI is InChI=1S/C19H23N/c1-14(2)17-7-5-16(6-8-17)13-20-19-11-9-18(10-12-19)15(3)4/h5-15H,1-4H3. The van der Waals surface area contributed by atoms with Crippen molar-refractivity contribution in [2.75, 3.05) is 0 Å². The zero-order valence-electron chi connectivity index (χ0n) is 12.8. The molecule has 0 bridgehead atoms. The Labute approximate surface area is 122 Å². The molecule has 0 atom stereocenters. The summed E-state index contributed by atoms with van der Waals surface area (Å²) in [6.07, 6.45) is 1.93. The van der Waals surface area contributed by atoms with Gasteiger partial charge in [-0.1, -0.05) is 64.1 Å². The van der Waals surface area contributed by atoms with E-state index in [1.54, 1.807) is 0 Å². The molecule has 0 unspecified atom stereocenters. The highest BCUT2D eigenvalue weighted by Gasteiger charge is 1.99. The average molecular weight is 265 g/mol. The molecule has 0 amide bonds. The van der Waals surface area contributed by atoms with Crippen LogP contribution in [0.2, 0.25) is 0 Å². The number of rotatable bonds is 4. The number of aliphatic imine (C=N–C) groups is 1. The van der Waals surface area contributed by atoms with Gasteiger partial charge < -0.3 is 0 Å². The molecule has 0 heterocycles. The van der Waals surface area contributed by atoms with Gasteiger partial charge in [0.2, 0.25) is 0 Å². The van der Waals surface area contributed by atoms with Crippen LogP contribution >= 0.6 is 0 Å². The summed E-state index contributed by atoms with van der Waals surface area (Å²) in [6, 6.07) is 17.1. The van der Waals surface area contributed by atoms with Crippen LogP contribution in [0.5, 0.6) is 0 Å². The van der Waals surface area contributed by atoms with E-state index in [1.165, 1.54) is 11.1 Å². The maximum Gasteiger partial charge on any atom is 0.0630 e. The Morgan fingerprint density at radius 2 is 1.15 bits per heavy atom. The lowest BCUT2D eigenvalue weighted by Crippen LogP contribution is -1.88. The molecule has 1 heteroatoms. The van der Waals surface area contributed by atoms with Gasteiger partial charge in [-0.3, -0.25) is 4.99 Å². The Bertz CT molecular complexity index is 506. The molecule has 104 valence electrons. The second kappa shape index (κ2) is 6.51. The number of hydrogen-bond acceptors (Lipinski definition) is 1. The molecule has 2 rings (SSSR count). The predicted molar refractivity (Wildman–Crippen MR) is 88.3 cm³/mol. The molecule has 0 radical (unpaired) electrons. The van der Waals surface area contributed by atoms with Gasteiger partial charge in [0, 0.05) is 6.21 Å². The van der Waals surface area contributed by atoms with Gasteiger partial charge in [-0.25, -0.2) is 0 Å². The maximum absolute atomic E-state index is 4.53. The SMILES string of the molecule is CC(C)c1ccc(C=Nc2ccc(C(C)C)cc2)cc1. The van der Waals surface area contributed by atoms with Crippen molar-refractivity contribution >= 4 is 11.9 Å². The van der Waals surface area contributed by atoms with Gasteiger partial charge in [0.05, 0.1) is 5.69 Å². The summed E-state index contributed by atoms with van der Waals surface area (Å²) < 4.78 is 0. The molecule has 0 aromatic heterocycles. The third-order valence-electron chi connectivity index (χ3n) is 3.53. The van der Waals surface area contributed by atoms with Crippen LogP contribution in [-0.2, 0) is 0 Å². The summed E-state index contributed by atoms with van der Waals surface area (Å²) in [4.78, 5) is 4.53. The largest absolute Gasteiger partial charge is 0.256 e. The Morgan fingerprint density at radius 1 is 0.700 bits per heavy atom. The molecule has 2 aromatic carbocycles. The highest BCUT2D eigenvalue weighted by molar-refractivity contribution is 5.81. The van der Waals surface area contributed by atoms with Gasteiger partial charge in [-0.05, 0) is 40.7 Å². The van der Waals surface area contributed by atoms with E-state index in [9.17, 15) is 0 Å². The van der Waals surface area contributed by atoms with Gasteiger partial charge >= 0.3 is 0 Å². The fraction of sp³-hybridized carbons (Fsp3) is 0.316. The maximum atomic E-state index is 4.53. The van der Waals surface area contributed by atoms with Crippen LogP contribution < -0.4 is 0 Å². The van der Waals surface area contributed by atoms with E-state index in [2.05, 4.69) is 81.2 Å². The molecule has 0 aliphatic carbocycles. The van der Waals surface area contributed by atoms with Crippen LogP contribution in [0.4, 0.5) is 5.69 Å². The lowest BCUT2D eigenvalue weighted by atomic mass is 10.0. The second-order valence-electron chi connectivity index (χ2n) is 5.83. The Kier molecular flexibility index (Phi) is 4.73. The number of nitrogens with zero attached hydrogens (tertiary/aromatic N) is 1. The summed E-state index contributed by atoms with van der Waals surface area (Å²) in [5.41, 5.74) is 4.86. The summed E-state index contributed by atoms with van der Waals surface area (Å²) in [6.45, 7) is 8.82. The van der Waals surface area contributed by atoms with E-state index in [0.717, 1.165) is 11.3 Å². The van der Waals surface area contributed by atoms with E-state index in [0.29, 0.717) is 11.8 Å². The number of hydrogen-bond donors (Lipinski definition) is 0. The first kappa shape index (κ1) is 14.5. The lowest BCUT2D eigenvalue weighted by molar-refractivity contribution is 0.866. The summed E-state index contributed by atoms with van der Waals surface area (Å²) >= 11 is 0. The summed E-state index contributed by atoms with van der Waals surface area (Å²) in [5, 5.41) is 0. The molecule has 0 saturated carbocycles. The molecule has 2 aromatic rings. The molecule has 20 heavy (non-hydrogen) atoms. The predicted octanol–water partition coefficient (Wildman–Crippen LogP) is 5.68. The Balaban J connectivity index is 2.08. The summed E-state index contributed by atoms with van der Waals surface area (Å²) in [7, 11) is 0. The van der Waals surface area contributed by atoms with E-state index < -0.39 is 0 Å². The average Bonchev–Trinajstić information content (AvgIpc) is 2.46. The highest BCUT2D eigenvalue weighted by atomic mass is 14.7. The zero-order chi connectivity index (χ0) is 14.5. The van der Waals surface area contributed by atoms with E-state index >= 15 is 0 Å². The molecular formula is C19H23N. The van der Waals surface area contributed by atoms with Crippen molar-refractivity contribution in [3.63, 3.8) is 0 Å². The summed E-state index contributed by atoms with van der Waals surface area (Å²) in [5.74, 6) is 1.14. The quantitative estimate of drug-likeness (QED) is 0.630. The topological polar surface area (TPSA) is 12.4 Å². The van der Waals surface area contributed by atoms with Crippen LogP contribution in [0.3, 0.4) is 0 Å². The van der Waals surface area contributed by atoms with E-state index in [-0.39, 0.29) is 0 Å². The van der Waals surface area contributed by atoms with Crippen LogP contribution in [0, 0.1) is 0 Å². The highest BCUT2D eigenvalue weighted by Crippen LogP contribution is 2.19. The molecule has 0 N–H and O–H groups in total. The van der Waals surface area contributed by atoms with Crippen LogP contribution in [-0.4, -0.2) is 6.21 Å². The third kappa shape index (κ3) is 3.80. The first-order valence-corrected chi connectivity index (χ1v) is 7.30. The Hall–Kier alpha value is -1.89. The van der Waals surface area contributed by atoms with E-state index in [4.69, 9.17) is 0 Å². The zero-order valence-corrected chi connectivity index (χ0v) is 12.8. The normalized spacial score (nSPS) is 11.7. The first-order valence-electron chi connectivity index (χ1n) is 7.30. The van der Waals surface area contributed by atoms with Crippen LogP contribution in [0.25, 0.3) is 0 Å². The molecule has 1 nitrogen and oxygen atoms in total. The van der Waals surface area contributed by atoms with Gasteiger partial charge in [0.1, 0.15) is 0 Å². The lowest BCUT2D eigenvalue weighted by Gasteiger charge is -2.05. The minimum Gasteiger partial charge on any atom is -0.256 e. The minimum absolute atomic E-state index is 0.566. The van der Waals surface area contributed by atoms with Crippen molar-refractivity contribution in [2.24, 2.45) is 4.99 Å². The van der Waals surface area contributed by atoms with Crippen molar-refractivity contribution < 1.29 is 0 Å². The van der Waals surface area contributed by atoms with Crippen LogP contribution in [0.1, 0.15) is 56.2 Å². The van der Waals surface area contributed by atoms with E-state index in [1.807, 2.05) is 6.21 Å². The molecule has 0 aliphatic rings.